The molecular formula is C20H24N2O5S2. The zero-order chi connectivity index (χ0) is 21.4. The SMILES string of the molecule is COc1ccccc1/C=C1\SC(=S)N(CCCCCC(=O)NC(C)C(=O)O)C1=O. The molecule has 1 saturated heterocycles. The van der Waals surface area contributed by atoms with E-state index in [2.05, 4.69) is 5.32 Å². The molecule has 1 fully saturated rings. The van der Waals surface area contributed by atoms with Gasteiger partial charge in [-0.1, -0.05) is 48.6 Å². The lowest BCUT2D eigenvalue weighted by atomic mass is 10.1. The number of methoxy groups -OCH3 is 1. The Balaban J connectivity index is 1.81. The molecule has 7 nitrogen and oxygen atoms in total. The summed E-state index contributed by atoms with van der Waals surface area (Å²) < 4.78 is 5.83. The van der Waals surface area contributed by atoms with Gasteiger partial charge in [0.05, 0.1) is 12.0 Å². The van der Waals surface area contributed by atoms with Gasteiger partial charge < -0.3 is 15.2 Å². The zero-order valence-corrected chi connectivity index (χ0v) is 18.0. The van der Waals surface area contributed by atoms with Gasteiger partial charge in [-0.15, -0.1) is 0 Å². The first kappa shape index (κ1) is 22.9. The third-order valence-electron chi connectivity index (χ3n) is 4.33. The molecule has 156 valence electrons. The van der Waals surface area contributed by atoms with E-state index in [4.69, 9.17) is 22.1 Å². The summed E-state index contributed by atoms with van der Waals surface area (Å²) in [6.45, 7) is 1.91. The van der Waals surface area contributed by atoms with Crippen molar-refractivity contribution in [3.63, 3.8) is 0 Å². The van der Waals surface area contributed by atoms with Crippen LogP contribution in [0.15, 0.2) is 29.2 Å². The minimum atomic E-state index is -1.06. The number of carbonyl (C=O) groups excluding carboxylic acids is 2. The molecule has 2 N–H and O–H groups in total. The van der Waals surface area contributed by atoms with Crippen LogP contribution in [-0.2, 0) is 14.4 Å². The maximum Gasteiger partial charge on any atom is 0.325 e. The maximum atomic E-state index is 12.7. The highest BCUT2D eigenvalue weighted by Crippen LogP contribution is 2.34. The third-order valence-corrected chi connectivity index (χ3v) is 5.71. The van der Waals surface area contributed by atoms with Gasteiger partial charge in [-0.2, -0.15) is 0 Å². The van der Waals surface area contributed by atoms with Crippen LogP contribution in [0.25, 0.3) is 6.08 Å². The highest BCUT2D eigenvalue weighted by atomic mass is 32.2. The highest BCUT2D eigenvalue weighted by molar-refractivity contribution is 8.26. The second-order valence-corrected chi connectivity index (χ2v) is 8.19. The lowest BCUT2D eigenvalue weighted by Crippen LogP contribution is -2.38. The molecule has 1 aliphatic rings. The summed E-state index contributed by atoms with van der Waals surface area (Å²) in [7, 11) is 1.58. The first-order chi connectivity index (χ1) is 13.8. The molecule has 2 rings (SSSR count). The smallest absolute Gasteiger partial charge is 0.325 e. The van der Waals surface area contributed by atoms with Crippen molar-refractivity contribution in [1.29, 1.82) is 0 Å². The number of thiocarbonyl (C=S) groups is 1. The van der Waals surface area contributed by atoms with Crippen molar-refractivity contribution in [2.24, 2.45) is 0 Å². The van der Waals surface area contributed by atoms with E-state index < -0.39 is 12.0 Å². The van der Waals surface area contributed by atoms with Crippen molar-refractivity contribution in [2.75, 3.05) is 13.7 Å². The normalized spacial score (nSPS) is 16.2. The average molecular weight is 437 g/mol. The average Bonchev–Trinajstić information content (AvgIpc) is 2.95. The van der Waals surface area contributed by atoms with Crippen LogP contribution in [0.3, 0.4) is 0 Å². The van der Waals surface area contributed by atoms with Gasteiger partial charge in [-0.3, -0.25) is 19.3 Å². The van der Waals surface area contributed by atoms with Crippen LogP contribution in [-0.4, -0.2) is 51.8 Å². The van der Waals surface area contributed by atoms with E-state index >= 15 is 0 Å². The summed E-state index contributed by atoms with van der Waals surface area (Å²) in [6, 6.07) is 6.56. The molecule has 2 amide bonds. The first-order valence-corrected chi connectivity index (χ1v) is 10.5. The molecule has 1 heterocycles. The monoisotopic (exact) mass is 436 g/mol. The number of carboxylic acids is 1. The number of thioether (sulfide) groups is 1. The Bertz CT molecular complexity index is 825. The molecule has 29 heavy (non-hydrogen) atoms. The molecule has 0 aromatic heterocycles. The van der Waals surface area contributed by atoms with Crippen molar-refractivity contribution < 1.29 is 24.2 Å². The molecule has 1 atom stereocenters. The molecule has 0 spiro atoms. The van der Waals surface area contributed by atoms with Gasteiger partial charge in [0, 0.05) is 18.5 Å². The van der Waals surface area contributed by atoms with Crippen LogP contribution < -0.4 is 10.1 Å². The molecule has 0 aliphatic carbocycles. The number of rotatable bonds is 10. The number of para-hydroxylation sites is 1. The summed E-state index contributed by atoms with van der Waals surface area (Å²) in [5, 5.41) is 11.2. The van der Waals surface area contributed by atoms with Crippen molar-refractivity contribution in [2.45, 2.75) is 38.6 Å². The Morgan fingerprint density at radius 3 is 2.72 bits per heavy atom. The van der Waals surface area contributed by atoms with E-state index in [0.29, 0.717) is 34.4 Å². The fourth-order valence-electron chi connectivity index (χ4n) is 2.73. The second-order valence-electron chi connectivity index (χ2n) is 6.51. The van der Waals surface area contributed by atoms with Gasteiger partial charge in [0.1, 0.15) is 16.1 Å². The molecule has 1 unspecified atom stereocenters. The van der Waals surface area contributed by atoms with Gasteiger partial charge in [-0.25, -0.2) is 0 Å². The summed E-state index contributed by atoms with van der Waals surface area (Å²) in [5.74, 6) is -0.786. The molecular weight excluding hydrogens is 412 g/mol. The quantitative estimate of drug-likeness (QED) is 0.331. The van der Waals surface area contributed by atoms with Crippen LogP contribution in [0.2, 0.25) is 0 Å². The number of nitrogens with one attached hydrogen (secondary N) is 1. The van der Waals surface area contributed by atoms with Crippen LogP contribution >= 0.6 is 24.0 Å². The largest absolute Gasteiger partial charge is 0.496 e. The van der Waals surface area contributed by atoms with Gasteiger partial charge in [0.15, 0.2) is 0 Å². The molecule has 0 bridgehead atoms. The van der Waals surface area contributed by atoms with Crippen LogP contribution in [0.1, 0.15) is 38.2 Å². The number of hydrogen-bond acceptors (Lipinski definition) is 6. The zero-order valence-electron chi connectivity index (χ0n) is 16.3. The van der Waals surface area contributed by atoms with Crippen molar-refractivity contribution in [1.82, 2.24) is 10.2 Å². The molecule has 0 saturated carbocycles. The molecule has 9 heteroatoms. The van der Waals surface area contributed by atoms with Crippen LogP contribution in [0.5, 0.6) is 5.75 Å². The number of hydrogen-bond donors (Lipinski definition) is 2. The predicted molar refractivity (Wildman–Crippen MR) is 117 cm³/mol. The predicted octanol–water partition coefficient (Wildman–Crippen LogP) is 3.05. The van der Waals surface area contributed by atoms with E-state index in [-0.39, 0.29) is 18.2 Å². The van der Waals surface area contributed by atoms with Crippen LogP contribution in [0.4, 0.5) is 0 Å². The summed E-state index contributed by atoms with van der Waals surface area (Å²) >= 11 is 6.61. The molecule has 1 aromatic carbocycles. The van der Waals surface area contributed by atoms with Crippen molar-refractivity contribution in [3.05, 3.63) is 34.7 Å². The number of ether oxygens (including phenoxy) is 1. The summed E-state index contributed by atoms with van der Waals surface area (Å²) in [6.07, 6.45) is 4.09. The molecule has 1 aromatic rings. The maximum absolute atomic E-state index is 12.7. The Kier molecular flexibility index (Phi) is 8.66. The van der Waals surface area contributed by atoms with Gasteiger partial charge >= 0.3 is 5.97 Å². The van der Waals surface area contributed by atoms with Gasteiger partial charge in [0.25, 0.3) is 5.91 Å². The number of aliphatic carboxylic acids is 1. The lowest BCUT2D eigenvalue weighted by Gasteiger charge is -2.14. The fraction of sp³-hybridized carbons (Fsp3) is 0.400. The first-order valence-electron chi connectivity index (χ1n) is 9.24. The third kappa shape index (κ3) is 6.57. The number of unbranched alkanes of at least 4 members (excludes halogenated alkanes) is 2. The number of carbonyl (C=O) groups is 3. The van der Waals surface area contributed by atoms with E-state index in [1.807, 2.05) is 24.3 Å². The lowest BCUT2D eigenvalue weighted by molar-refractivity contribution is -0.141. The van der Waals surface area contributed by atoms with Crippen LogP contribution in [0, 0.1) is 0 Å². The van der Waals surface area contributed by atoms with E-state index in [1.165, 1.54) is 18.7 Å². The fourth-order valence-corrected chi connectivity index (χ4v) is 4.03. The van der Waals surface area contributed by atoms with E-state index in [9.17, 15) is 14.4 Å². The number of carboxylic acid groups (broad SMARTS) is 1. The standard InChI is InChI=1S/C20H24N2O5S2/c1-13(19(25)26)21-17(23)10-4-3-7-11-22-18(24)16(29-20(22)28)12-14-8-5-6-9-15(14)27-2/h5-6,8-9,12-13H,3-4,7,10-11H2,1-2H3,(H,21,23)(H,25,26)/b16-12-. The van der Waals surface area contributed by atoms with Gasteiger partial charge in [0.2, 0.25) is 5.91 Å². The molecule has 1 aliphatic heterocycles. The minimum absolute atomic E-state index is 0.126. The summed E-state index contributed by atoms with van der Waals surface area (Å²) in [5.41, 5.74) is 0.817. The Labute approximate surface area is 179 Å². The van der Waals surface area contributed by atoms with Crippen molar-refractivity contribution >= 4 is 52.2 Å². The number of amides is 2. The molecule has 0 radical (unpaired) electrons. The minimum Gasteiger partial charge on any atom is -0.496 e. The van der Waals surface area contributed by atoms with Crippen molar-refractivity contribution in [3.8, 4) is 5.75 Å². The number of nitrogens with zero attached hydrogens (tertiary/aromatic N) is 1. The Morgan fingerprint density at radius 1 is 1.31 bits per heavy atom. The summed E-state index contributed by atoms with van der Waals surface area (Å²) in [4.78, 5) is 37.2. The topological polar surface area (TPSA) is 95.9 Å². The number of benzene rings is 1. The highest BCUT2D eigenvalue weighted by Gasteiger charge is 2.31. The second kappa shape index (κ2) is 11.0. The Hall–Kier alpha value is -2.39. The Morgan fingerprint density at radius 2 is 2.03 bits per heavy atom. The van der Waals surface area contributed by atoms with E-state index in [0.717, 1.165) is 12.0 Å². The van der Waals surface area contributed by atoms with E-state index in [1.54, 1.807) is 18.1 Å². The van der Waals surface area contributed by atoms with Gasteiger partial charge in [-0.05, 0) is 31.9 Å².